The van der Waals surface area contributed by atoms with Crippen LogP contribution in [0.4, 0.5) is 16.2 Å². The van der Waals surface area contributed by atoms with Gasteiger partial charge < -0.3 is 20.1 Å². The number of benzene rings is 3. The highest BCUT2D eigenvalue weighted by molar-refractivity contribution is 6.08. The molecule has 6 nitrogen and oxygen atoms in total. The van der Waals surface area contributed by atoms with E-state index in [2.05, 4.69) is 10.6 Å². The molecule has 0 saturated carbocycles. The van der Waals surface area contributed by atoms with Crippen LogP contribution in [0.1, 0.15) is 17.3 Å². The molecule has 0 radical (unpaired) electrons. The van der Waals surface area contributed by atoms with Crippen LogP contribution >= 0.6 is 0 Å². The van der Waals surface area contributed by atoms with Crippen molar-refractivity contribution in [3.05, 3.63) is 72.3 Å². The number of fused-ring (bicyclic) bond motifs is 1. The smallest absolute Gasteiger partial charge is 0.323 e. The highest BCUT2D eigenvalue weighted by Crippen LogP contribution is 2.37. The SMILES string of the molecule is CC(=O)c1cc2c(cc1NC(=O)Nc1ccccc1-c1ccccc1)OCO2. The minimum Gasteiger partial charge on any atom is -0.454 e. The van der Waals surface area contributed by atoms with Crippen molar-refractivity contribution in [2.45, 2.75) is 6.92 Å². The van der Waals surface area contributed by atoms with Crippen LogP contribution in [0.2, 0.25) is 0 Å². The highest BCUT2D eigenvalue weighted by Gasteiger charge is 2.20. The van der Waals surface area contributed by atoms with Crippen LogP contribution in [-0.4, -0.2) is 18.6 Å². The van der Waals surface area contributed by atoms with Crippen molar-refractivity contribution in [2.75, 3.05) is 17.4 Å². The molecule has 140 valence electrons. The fourth-order valence-electron chi connectivity index (χ4n) is 3.07. The monoisotopic (exact) mass is 374 g/mol. The number of hydrogen-bond acceptors (Lipinski definition) is 4. The maximum absolute atomic E-state index is 12.6. The molecule has 2 N–H and O–H groups in total. The van der Waals surface area contributed by atoms with Gasteiger partial charge in [-0.2, -0.15) is 0 Å². The van der Waals surface area contributed by atoms with E-state index < -0.39 is 6.03 Å². The summed E-state index contributed by atoms with van der Waals surface area (Å²) in [5, 5.41) is 5.60. The summed E-state index contributed by atoms with van der Waals surface area (Å²) in [7, 11) is 0. The third kappa shape index (κ3) is 3.53. The number of para-hydroxylation sites is 1. The van der Waals surface area contributed by atoms with Gasteiger partial charge in [-0.15, -0.1) is 0 Å². The van der Waals surface area contributed by atoms with Crippen LogP contribution in [0.25, 0.3) is 11.1 Å². The zero-order chi connectivity index (χ0) is 19.5. The van der Waals surface area contributed by atoms with Gasteiger partial charge in [-0.05, 0) is 24.6 Å². The van der Waals surface area contributed by atoms with Crippen LogP contribution in [-0.2, 0) is 0 Å². The molecule has 6 heteroatoms. The van der Waals surface area contributed by atoms with Gasteiger partial charge in [-0.25, -0.2) is 4.79 Å². The Morgan fingerprint density at radius 2 is 1.46 bits per heavy atom. The molecule has 2 amide bonds. The lowest BCUT2D eigenvalue weighted by Gasteiger charge is -2.14. The number of anilines is 2. The number of hydrogen-bond donors (Lipinski definition) is 2. The van der Waals surface area contributed by atoms with E-state index in [4.69, 9.17) is 9.47 Å². The molecule has 1 aliphatic rings. The Morgan fingerprint density at radius 3 is 2.21 bits per heavy atom. The standard InChI is InChI=1S/C22H18N2O4/c1-14(25)17-11-20-21(28-13-27-20)12-19(17)24-22(26)23-18-10-6-5-9-16(18)15-7-3-2-4-8-15/h2-12H,13H2,1H3,(H2,23,24,26). The normalized spacial score (nSPS) is 11.8. The first kappa shape index (κ1) is 17.6. The Bertz CT molecular complexity index is 1050. The Labute approximate surface area is 162 Å². The Hall–Kier alpha value is -3.80. The lowest BCUT2D eigenvalue weighted by Crippen LogP contribution is -2.21. The first-order valence-corrected chi connectivity index (χ1v) is 8.79. The molecule has 0 bridgehead atoms. The van der Waals surface area contributed by atoms with E-state index in [1.807, 2.05) is 54.6 Å². The van der Waals surface area contributed by atoms with Crippen LogP contribution in [0.15, 0.2) is 66.7 Å². The van der Waals surface area contributed by atoms with E-state index in [0.29, 0.717) is 28.4 Å². The summed E-state index contributed by atoms with van der Waals surface area (Å²) in [4.78, 5) is 24.6. The predicted octanol–water partition coefficient (Wildman–Crippen LogP) is 4.93. The summed E-state index contributed by atoms with van der Waals surface area (Å²) in [5.41, 5.74) is 3.28. The minimum absolute atomic E-state index is 0.0901. The van der Waals surface area contributed by atoms with Gasteiger partial charge in [0.05, 0.1) is 11.4 Å². The number of rotatable bonds is 4. The van der Waals surface area contributed by atoms with Crippen LogP contribution < -0.4 is 20.1 Å². The molecule has 0 aromatic heterocycles. The van der Waals surface area contributed by atoms with Gasteiger partial charge in [-0.1, -0.05) is 48.5 Å². The second kappa shape index (κ2) is 7.44. The summed E-state index contributed by atoms with van der Waals surface area (Å²) >= 11 is 0. The molecule has 0 aliphatic carbocycles. The number of urea groups is 1. The van der Waals surface area contributed by atoms with Gasteiger partial charge in [0.2, 0.25) is 6.79 Å². The summed E-state index contributed by atoms with van der Waals surface area (Å²) in [6.45, 7) is 1.53. The van der Waals surface area contributed by atoms with Crippen LogP contribution in [0.3, 0.4) is 0 Å². The van der Waals surface area contributed by atoms with Crippen molar-refractivity contribution >= 4 is 23.2 Å². The number of carbonyl (C=O) groups excluding carboxylic acids is 2. The average Bonchev–Trinajstić information content (AvgIpc) is 3.15. The van der Waals surface area contributed by atoms with Crippen molar-refractivity contribution in [3.8, 4) is 22.6 Å². The second-order valence-corrected chi connectivity index (χ2v) is 6.30. The molecule has 0 unspecified atom stereocenters. The molecule has 4 rings (SSSR count). The number of Topliss-reactive ketones (excluding diaryl/α,β-unsaturated/α-hetero) is 1. The highest BCUT2D eigenvalue weighted by atomic mass is 16.7. The predicted molar refractivity (Wildman–Crippen MR) is 107 cm³/mol. The average molecular weight is 374 g/mol. The molecule has 0 spiro atoms. The van der Waals surface area contributed by atoms with E-state index in [9.17, 15) is 9.59 Å². The van der Waals surface area contributed by atoms with E-state index in [1.165, 1.54) is 6.92 Å². The third-order valence-electron chi connectivity index (χ3n) is 4.40. The summed E-state index contributed by atoms with van der Waals surface area (Å²) in [6.07, 6.45) is 0. The van der Waals surface area contributed by atoms with Gasteiger partial charge in [-0.3, -0.25) is 4.79 Å². The van der Waals surface area contributed by atoms with E-state index in [0.717, 1.165) is 11.1 Å². The van der Waals surface area contributed by atoms with Gasteiger partial charge in [0.1, 0.15) is 0 Å². The Kier molecular flexibility index (Phi) is 4.68. The second-order valence-electron chi connectivity index (χ2n) is 6.30. The van der Waals surface area contributed by atoms with Gasteiger partial charge in [0, 0.05) is 17.2 Å². The molecular weight excluding hydrogens is 356 g/mol. The number of amides is 2. The maximum atomic E-state index is 12.6. The fourth-order valence-corrected chi connectivity index (χ4v) is 3.07. The Morgan fingerprint density at radius 1 is 0.821 bits per heavy atom. The molecule has 1 aliphatic heterocycles. The first-order valence-electron chi connectivity index (χ1n) is 8.79. The maximum Gasteiger partial charge on any atom is 0.323 e. The van der Waals surface area contributed by atoms with Crippen molar-refractivity contribution in [1.29, 1.82) is 0 Å². The van der Waals surface area contributed by atoms with Crippen molar-refractivity contribution < 1.29 is 19.1 Å². The van der Waals surface area contributed by atoms with E-state index in [-0.39, 0.29) is 12.6 Å². The van der Waals surface area contributed by atoms with E-state index >= 15 is 0 Å². The molecule has 3 aromatic rings. The van der Waals surface area contributed by atoms with Crippen molar-refractivity contribution in [3.63, 3.8) is 0 Å². The van der Waals surface area contributed by atoms with Crippen LogP contribution in [0.5, 0.6) is 11.5 Å². The quantitative estimate of drug-likeness (QED) is 0.635. The lowest BCUT2D eigenvalue weighted by atomic mass is 10.0. The molecule has 0 atom stereocenters. The summed E-state index contributed by atoms with van der Waals surface area (Å²) in [5.74, 6) is 0.800. The van der Waals surface area contributed by atoms with Crippen LogP contribution in [0, 0.1) is 0 Å². The lowest BCUT2D eigenvalue weighted by molar-refractivity contribution is 0.101. The number of ketones is 1. The molecule has 1 heterocycles. The summed E-state index contributed by atoms with van der Waals surface area (Å²) in [6, 6.07) is 20.0. The van der Waals surface area contributed by atoms with Gasteiger partial charge in [0.25, 0.3) is 0 Å². The topological polar surface area (TPSA) is 76.7 Å². The third-order valence-corrected chi connectivity index (χ3v) is 4.40. The van der Waals surface area contributed by atoms with Crippen molar-refractivity contribution in [2.24, 2.45) is 0 Å². The molecule has 28 heavy (non-hydrogen) atoms. The van der Waals surface area contributed by atoms with Gasteiger partial charge >= 0.3 is 6.03 Å². The van der Waals surface area contributed by atoms with Gasteiger partial charge in [0.15, 0.2) is 17.3 Å². The first-order chi connectivity index (χ1) is 13.6. The fraction of sp³-hybridized carbons (Fsp3) is 0.0909. The largest absolute Gasteiger partial charge is 0.454 e. The zero-order valence-electron chi connectivity index (χ0n) is 15.2. The number of ether oxygens (including phenoxy) is 2. The molecule has 0 saturated heterocycles. The number of carbonyl (C=O) groups is 2. The summed E-state index contributed by atoms with van der Waals surface area (Å²) < 4.78 is 10.7. The van der Waals surface area contributed by atoms with Crippen molar-refractivity contribution in [1.82, 2.24) is 0 Å². The Balaban J connectivity index is 1.59. The molecule has 0 fully saturated rings. The molecular formula is C22H18N2O4. The minimum atomic E-state index is -0.454. The van der Waals surface area contributed by atoms with E-state index in [1.54, 1.807) is 12.1 Å². The number of nitrogens with one attached hydrogen (secondary N) is 2. The zero-order valence-corrected chi connectivity index (χ0v) is 15.2. The molecule has 3 aromatic carbocycles.